The summed E-state index contributed by atoms with van der Waals surface area (Å²) in [4.78, 5) is 215. The van der Waals surface area contributed by atoms with E-state index in [1.54, 1.807) is 109 Å². The van der Waals surface area contributed by atoms with Crippen molar-refractivity contribution in [1.82, 2.24) is 17.8 Å². The summed E-state index contributed by atoms with van der Waals surface area (Å²) in [5, 5.41) is 0. The average molecular weight is 1910 g/mol. The van der Waals surface area contributed by atoms with Gasteiger partial charge in [-0.1, -0.05) is 57.2 Å². The van der Waals surface area contributed by atoms with E-state index in [0.29, 0.717) is 5.92 Å². The first-order valence-electron chi connectivity index (χ1n) is 43.0. The lowest BCUT2D eigenvalue weighted by atomic mass is 9.62. The van der Waals surface area contributed by atoms with Gasteiger partial charge in [-0.05, 0) is 216 Å². The number of methoxy groups -OCH3 is 3. The molecule has 3 aliphatic heterocycles. The summed E-state index contributed by atoms with van der Waals surface area (Å²) in [6, 6.07) is 16.5. The number of rotatable bonds is 42. The Labute approximate surface area is 769 Å². The molecule has 6 atom stereocenters. The SMILES string of the molecule is COC(=O)C(C)(C)CC(C)(C)C(=O)OCCOC(=O)CCCC(=O)N1C(=O)c2ccccc2S1(=O)=O.COC(=O)C(C)(CC(C)(C)C(=O)OCCOC(=O)CCCC(=O)N1C(=O)c2ccccc2S1(=O)=O)CC(C)(CC(C)(C)C(=O)OCN(C)C)C(=O)OC1CC2CCC1C2(C)C.COC(=O)C(C)CC(C)(C)C(=O)OCCOC(=O)CCCC(=O)N1C(=O)c2ccccc2S1(=O)=O. The van der Waals surface area contributed by atoms with E-state index in [0.717, 1.165) is 19.3 Å². The van der Waals surface area contributed by atoms with Gasteiger partial charge in [0.2, 0.25) is 17.7 Å². The van der Waals surface area contributed by atoms with Crippen molar-refractivity contribution in [3.05, 3.63) is 89.5 Å². The number of esters is 11. The van der Waals surface area contributed by atoms with E-state index in [9.17, 15) is 107 Å². The Morgan fingerprint density at radius 3 is 1.04 bits per heavy atom. The molecule has 6 amide bonds. The number of ether oxygens (including phenoxy) is 11. The summed E-state index contributed by atoms with van der Waals surface area (Å²) in [5.74, 6) is -12.1. The number of imide groups is 3. The highest BCUT2D eigenvalue weighted by molar-refractivity contribution is 7.91. The Morgan fingerprint density at radius 1 is 0.402 bits per heavy atom. The zero-order valence-electron chi connectivity index (χ0n) is 78.6. The van der Waals surface area contributed by atoms with Crippen LogP contribution in [-0.2, 0) is 149 Å². The van der Waals surface area contributed by atoms with Crippen LogP contribution in [0.2, 0.25) is 0 Å². The summed E-state index contributed by atoms with van der Waals surface area (Å²) < 4.78 is 133. The number of nitrogens with zero attached hydrogens (tertiary/aromatic N) is 4. The van der Waals surface area contributed by atoms with Crippen LogP contribution in [0.25, 0.3) is 0 Å². The molecular weight excluding hydrogens is 1790 g/mol. The molecule has 0 N–H and O–H groups in total. The average Bonchev–Trinajstić information content (AvgIpc) is 1.62. The molecule has 2 fully saturated rings. The van der Waals surface area contributed by atoms with E-state index in [2.05, 4.69) is 18.6 Å². The number of sulfonamides is 3. The Bertz CT molecular complexity index is 5240. The van der Waals surface area contributed by atoms with Crippen molar-refractivity contribution < 1.29 is 159 Å². The van der Waals surface area contributed by atoms with E-state index in [-0.39, 0.29) is 192 Å². The number of hydrogen-bond acceptors (Lipinski definition) is 35. The maximum atomic E-state index is 14.5. The fraction of sp³-hybridized carbons (Fsp3) is 0.615. The zero-order valence-corrected chi connectivity index (χ0v) is 81.1. The van der Waals surface area contributed by atoms with E-state index in [4.69, 9.17) is 47.4 Å². The van der Waals surface area contributed by atoms with Crippen LogP contribution in [0.5, 0.6) is 0 Å². The number of hydrogen-bond donors (Lipinski definition) is 0. The second-order valence-corrected chi connectivity index (χ2v) is 43.2. The van der Waals surface area contributed by atoms with Gasteiger partial charge in [-0.15, -0.1) is 0 Å². The molecule has 0 spiro atoms. The number of fused-ring (bicyclic) bond motifs is 5. The summed E-state index contributed by atoms with van der Waals surface area (Å²) in [6.45, 7) is 24.2. The Kier molecular flexibility index (Phi) is 37.2. The Hall–Kier alpha value is -10.9. The van der Waals surface area contributed by atoms with Gasteiger partial charge in [0.15, 0.2) is 0 Å². The molecule has 132 heavy (non-hydrogen) atoms. The first kappa shape index (κ1) is 110. The molecule has 3 aromatic rings. The molecular formula is C91H124N4O34S3. The second kappa shape index (κ2) is 44.7. The zero-order chi connectivity index (χ0) is 99.6. The van der Waals surface area contributed by atoms with Crippen LogP contribution in [-0.4, -0.2) is 232 Å². The Balaban J connectivity index is 0.000000324. The number of amides is 6. The van der Waals surface area contributed by atoms with Crippen molar-refractivity contribution in [3.8, 4) is 0 Å². The number of carbonyl (C=O) groups is 17. The number of carbonyl (C=O) groups excluding carboxylic acids is 17. The molecule has 0 saturated heterocycles. The first-order chi connectivity index (χ1) is 61.1. The molecule has 6 unspecified atom stereocenters. The molecule has 41 heteroatoms. The predicted octanol–water partition coefficient (Wildman–Crippen LogP) is 9.52. The fourth-order valence-electron chi connectivity index (χ4n) is 17.5. The summed E-state index contributed by atoms with van der Waals surface area (Å²) in [5.41, 5.74) is -8.48. The highest BCUT2D eigenvalue weighted by Gasteiger charge is 2.59. The van der Waals surface area contributed by atoms with Gasteiger partial charge >= 0.3 is 65.7 Å². The molecule has 2 bridgehead atoms. The van der Waals surface area contributed by atoms with Gasteiger partial charge in [0, 0.05) is 44.4 Å². The van der Waals surface area contributed by atoms with Gasteiger partial charge in [-0.25, -0.2) is 25.3 Å². The molecule has 0 aromatic heterocycles. The van der Waals surface area contributed by atoms with Crippen LogP contribution in [0, 0.1) is 61.1 Å². The van der Waals surface area contributed by atoms with E-state index in [1.165, 1.54) is 94.1 Å². The molecule has 0 radical (unpaired) electrons. The van der Waals surface area contributed by atoms with Crippen LogP contribution in [0.3, 0.4) is 0 Å². The minimum absolute atomic E-state index is 0.0116. The van der Waals surface area contributed by atoms with Crippen molar-refractivity contribution >= 4 is 131 Å². The van der Waals surface area contributed by atoms with Crippen molar-refractivity contribution in [2.45, 2.75) is 234 Å². The standard InChI is InChI=1S/C44H64N2O14S.C24H31NO10S.C23H29NO10S/c1-40(2,36(50)58-22-21-57-34(48)18-14-17-33(47)46-35(49)29-15-12-13-16-32(29)61(46,54)55)24-43(7,38(52)56-11)26-44(8,25-41(3,4)37(51)59-27-45(9)10)39(53)60-31-23-28-19-20-30(31)42(28,5)6;1-23(2,21(29)33-5)15-24(3,4)22(30)35-14-13-34-19(27)12-8-11-18(26)25-20(28)16-9-6-7-10-17(16)36(25,31)32;1-15(21(28)32-4)14-23(2,3)22(29)34-13-12-33-19(26)11-7-10-18(25)24-20(27)16-8-5-6-9-17(16)35(24,30)31/h12-13,15-16,28,30-31H,14,17-27H2,1-11H3;6-7,9-10H,8,11-15H2,1-5H3;5-6,8-9,15H,7,10-14H2,1-4H3. The summed E-state index contributed by atoms with van der Waals surface area (Å²) >= 11 is 0. The lowest BCUT2D eigenvalue weighted by molar-refractivity contribution is -0.176. The fourth-order valence-corrected chi connectivity index (χ4v) is 22.1. The molecule has 2 aliphatic carbocycles. The molecule has 8 rings (SSSR count). The normalized spacial score (nSPS) is 18.3. The maximum Gasteiger partial charge on any atom is 0.312 e. The van der Waals surface area contributed by atoms with Gasteiger partial charge in [0.1, 0.15) is 67.2 Å². The van der Waals surface area contributed by atoms with Gasteiger partial charge in [0.25, 0.3) is 47.8 Å². The van der Waals surface area contributed by atoms with Crippen molar-refractivity contribution in [3.63, 3.8) is 0 Å². The molecule has 38 nitrogen and oxygen atoms in total. The monoisotopic (exact) mass is 1910 g/mol. The van der Waals surface area contributed by atoms with Crippen molar-refractivity contribution in [2.75, 3.05) is 81.8 Å². The van der Waals surface area contributed by atoms with Gasteiger partial charge in [-0.3, -0.25) is 86.4 Å². The smallest absolute Gasteiger partial charge is 0.312 e. The predicted molar refractivity (Wildman–Crippen MR) is 464 cm³/mol. The maximum absolute atomic E-state index is 14.5. The Morgan fingerprint density at radius 2 is 0.720 bits per heavy atom. The highest BCUT2D eigenvalue weighted by atomic mass is 32.2. The molecule has 2 saturated carbocycles. The molecule has 5 aliphatic rings. The van der Waals surface area contributed by atoms with Gasteiger partial charge in [0.05, 0.1) is 81.8 Å². The third kappa shape index (κ3) is 27.0. The van der Waals surface area contributed by atoms with Crippen LogP contribution >= 0.6 is 0 Å². The lowest BCUT2D eigenvalue weighted by Gasteiger charge is -2.42. The third-order valence-electron chi connectivity index (χ3n) is 23.6. The topological polar surface area (TPSA) is 507 Å². The summed E-state index contributed by atoms with van der Waals surface area (Å²) in [6.07, 6.45) is 0.561. The largest absolute Gasteiger partial charge is 0.469 e. The van der Waals surface area contributed by atoms with Crippen LogP contribution in [0.1, 0.15) is 244 Å². The first-order valence-corrected chi connectivity index (χ1v) is 47.3. The quantitative estimate of drug-likeness (QED) is 0.0220. The number of benzene rings is 3. The minimum Gasteiger partial charge on any atom is -0.469 e. The molecule has 730 valence electrons. The minimum atomic E-state index is -4.33. The van der Waals surface area contributed by atoms with Gasteiger partial charge in [-0.2, -0.15) is 12.9 Å². The van der Waals surface area contributed by atoms with Crippen LogP contribution < -0.4 is 0 Å². The lowest BCUT2D eigenvalue weighted by Crippen LogP contribution is -2.47. The van der Waals surface area contributed by atoms with E-state index in [1.807, 2.05) is 0 Å². The molecule has 3 aromatic carbocycles. The van der Waals surface area contributed by atoms with E-state index >= 15 is 0 Å². The van der Waals surface area contributed by atoms with Crippen LogP contribution in [0.15, 0.2) is 87.5 Å². The summed E-state index contributed by atoms with van der Waals surface area (Å²) in [7, 11) is -5.58. The van der Waals surface area contributed by atoms with Crippen LogP contribution in [0.4, 0.5) is 0 Å². The van der Waals surface area contributed by atoms with Gasteiger partial charge < -0.3 is 52.1 Å². The van der Waals surface area contributed by atoms with Crippen molar-refractivity contribution in [1.29, 1.82) is 0 Å². The van der Waals surface area contributed by atoms with Crippen molar-refractivity contribution in [2.24, 2.45) is 61.1 Å². The highest BCUT2D eigenvalue weighted by Crippen LogP contribution is 2.59. The van der Waals surface area contributed by atoms with E-state index < -0.39 is 181 Å². The molecule has 3 heterocycles. The third-order valence-corrected chi connectivity index (χ3v) is 28.9. The second-order valence-electron chi connectivity index (χ2n) is 37.9.